The second-order valence-electron chi connectivity index (χ2n) is 5.51. The molecule has 1 aliphatic rings. The summed E-state index contributed by atoms with van der Waals surface area (Å²) in [7, 11) is 0. The molecule has 0 saturated carbocycles. The molecule has 134 valence electrons. The van der Waals surface area contributed by atoms with E-state index in [4.69, 9.17) is 34.8 Å². The third-order valence-electron chi connectivity index (χ3n) is 3.77. The molecule has 0 aromatic heterocycles. The highest BCUT2D eigenvalue weighted by Crippen LogP contribution is 2.35. The molecule has 26 heavy (non-hydrogen) atoms. The maximum atomic E-state index is 12.6. The lowest BCUT2D eigenvalue weighted by atomic mass is 10.2. The SMILES string of the molecule is O=C(NNC1CC(=O)N(c2cccc(Cl)c2Cl)C1=O)c1cccc(Cl)c1. The molecule has 6 nitrogen and oxygen atoms in total. The van der Waals surface area contributed by atoms with E-state index in [2.05, 4.69) is 10.9 Å². The Morgan fingerprint density at radius 2 is 1.81 bits per heavy atom. The number of imide groups is 1. The van der Waals surface area contributed by atoms with E-state index in [0.717, 1.165) is 4.90 Å². The van der Waals surface area contributed by atoms with E-state index >= 15 is 0 Å². The van der Waals surface area contributed by atoms with Gasteiger partial charge in [-0.15, -0.1) is 0 Å². The summed E-state index contributed by atoms with van der Waals surface area (Å²) in [6.45, 7) is 0. The first-order valence-electron chi connectivity index (χ1n) is 7.50. The number of halogens is 3. The fraction of sp³-hybridized carbons (Fsp3) is 0.118. The Balaban J connectivity index is 1.71. The van der Waals surface area contributed by atoms with E-state index in [1.54, 1.807) is 30.3 Å². The van der Waals surface area contributed by atoms with Crippen molar-refractivity contribution in [1.82, 2.24) is 10.9 Å². The van der Waals surface area contributed by atoms with Crippen molar-refractivity contribution in [3.8, 4) is 0 Å². The summed E-state index contributed by atoms with van der Waals surface area (Å²) in [4.78, 5) is 37.9. The summed E-state index contributed by atoms with van der Waals surface area (Å²) < 4.78 is 0. The first-order valence-corrected chi connectivity index (χ1v) is 8.64. The number of anilines is 1. The van der Waals surface area contributed by atoms with Crippen molar-refractivity contribution in [3.63, 3.8) is 0 Å². The quantitative estimate of drug-likeness (QED) is 0.597. The number of carbonyl (C=O) groups excluding carboxylic acids is 3. The van der Waals surface area contributed by atoms with E-state index < -0.39 is 23.8 Å². The minimum absolute atomic E-state index is 0.111. The summed E-state index contributed by atoms with van der Waals surface area (Å²) in [6, 6.07) is 10.1. The van der Waals surface area contributed by atoms with Gasteiger partial charge in [-0.25, -0.2) is 10.3 Å². The fourth-order valence-electron chi connectivity index (χ4n) is 2.52. The third kappa shape index (κ3) is 3.68. The average molecular weight is 413 g/mol. The van der Waals surface area contributed by atoms with Crippen molar-refractivity contribution in [2.75, 3.05) is 4.90 Å². The Hall–Kier alpha value is -2.12. The molecule has 0 radical (unpaired) electrons. The van der Waals surface area contributed by atoms with Gasteiger partial charge in [0, 0.05) is 10.6 Å². The molecule has 2 aromatic rings. The first-order chi connectivity index (χ1) is 12.4. The zero-order valence-corrected chi connectivity index (χ0v) is 15.4. The average Bonchev–Trinajstić information content (AvgIpc) is 2.89. The smallest absolute Gasteiger partial charge is 0.265 e. The Labute approximate surface area is 164 Å². The molecule has 3 rings (SSSR count). The predicted octanol–water partition coefficient (Wildman–Crippen LogP) is 3.21. The summed E-state index contributed by atoms with van der Waals surface area (Å²) in [5.74, 6) is -1.47. The summed E-state index contributed by atoms with van der Waals surface area (Å²) >= 11 is 17.9. The van der Waals surface area contributed by atoms with E-state index in [1.165, 1.54) is 12.1 Å². The van der Waals surface area contributed by atoms with Crippen LogP contribution in [-0.2, 0) is 9.59 Å². The number of hydrogen-bond acceptors (Lipinski definition) is 4. The van der Waals surface area contributed by atoms with Crippen LogP contribution < -0.4 is 15.8 Å². The van der Waals surface area contributed by atoms with Crippen molar-refractivity contribution in [2.45, 2.75) is 12.5 Å². The number of rotatable bonds is 4. The first kappa shape index (κ1) is 18.7. The van der Waals surface area contributed by atoms with Crippen LogP contribution in [0.5, 0.6) is 0 Å². The largest absolute Gasteiger partial charge is 0.287 e. The Morgan fingerprint density at radius 3 is 2.54 bits per heavy atom. The van der Waals surface area contributed by atoms with Crippen molar-refractivity contribution >= 4 is 58.2 Å². The van der Waals surface area contributed by atoms with Crippen molar-refractivity contribution in [3.05, 3.63) is 63.1 Å². The molecule has 0 spiro atoms. The summed E-state index contributed by atoms with van der Waals surface area (Å²) in [5.41, 5.74) is 5.52. The minimum atomic E-state index is -0.916. The van der Waals surface area contributed by atoms with Gasteiger partial charge in [0.25, 0.3) is 11.8 Å². The van der Waals surface area contributed by atoms with Gasteiger partial charge >= 0.3 is 0 Å². The van der Waals surface area contributed by atoms with E-state index in [1.807, 2.05) is 0 Å². The molecule has 1 atom stereocenters. The highest BCUT2D eigenvalue weighted by atomic mass is 35.5. The predicted molar refractivity (Wildman–Crippen MR) is 99.4 cm³/mol. The number of benzene rings is 2. The zero-order valence-electron chi connectivity index (χ0n) is 13.1. The number of hydrazine groups is 1. The van der Waals surface area contributed by atoms with Crippen molar-refractivity contribution in [1.29, 1.82) is 0 Å². The Morgan fingerprint density at radius 1 is 1.08 bits per heavy atom. The van der Waals surface area contributed by atoms with Gasteiger partial charge in [0.15, 0.2) is 0 Å². The molecule has 0 aliphatic carbocycles. The zero-order chi connectivity index (χ0) is 18.8. The molecule has 1 aliphatic heterocycles. The van der Waals surface area contributed by atoms with Crippen LogP contribution in [0, 0.1) is 0 Å². The lowest BCUT2D eigenvalue weighted by Crippen LogP contribution is -2.48. The van der Waals surface area contributed by atoms with Crippen LogP contribution in [0.4, 0.5) is 5.69 Å². The van der Waals surface area contributed by atoms with Gasteiger partial charge in [0.1, 0.15) is 6.04 Å². The summed E-state index contributed by atoms with van der Waals surface area (Å²) in [5, 5.41) is 0.751. The van der Waals surface area contributed by atoms with Crippen LogP contribution in [-0.4, -0.2) is 23.8 Å². The van der Waals surface area contributed by atoms with Gasteiger partial charge in [-0.2, -0.15) is 0 Å². The van der Waals surface area contributed by atoms with E-state index in [-0.39, 0.29) is 22.2 Å². The topological polar surface area (TPSA) is 78.5 Å². The van der Waals surface area contributed by atoms with E-state index in [0.29, 0.717) is 10.6 Å². The van der Waals surface area contributed by atoms with Crippen LogP contribution in [0.25, 0.3) is 0 Å². The number of nitrogens with one attached hydrogen (secondary N) is 2. The molecule has 1 fully saturated rings. The lowest BCUT2D eigenvalue weighted by Gasteiger charge is -2.17. The Kier molecular flexibility index (Phi) is 5.48. The molecule has 1 unspecified atom stereocenters. The van der Waals surface area contributed by atoms with Gasteiger partial charge in [-0.3, -0.25) is 19.8 Å². The molecule has 3 amide bonds. The van der Waals surface area contributed by atoms with Gasteiger partial charge < -0.3 is 0 Å². The molecular formula is C17H12Cl3N3O3. The molecule has 1 saturated heterocycles. The molecule has 1 heterocycles. The number of hydrogen-bond donors (Lipinski definition) is 2. The van der Waals surface area contributed by atoms with Crippen LogP contribution in [0.2, 0.25) is 15.1 Å². The third-order valence-corrected chi connectivity index (χ3v) is 4.81. The van der Waals surface area contributed by atoms with Crippen LogP contribution >= 0.6 is 34.8 Å². The van der Waals surface area contributed by atoms with Gasteiger partial charge in [-0.05, 0) is 30.3 Å². The molecule has 0 bridgehead atoms. The van der Waals surface area contributed by atoms with E-state index in [9.17, 15) is 14.4 Å². The number of carbonyl (C=O) groups is 3. The lowest BCUT2D eigenvalue weighted by molar-refractivity contribution is -0.121. The highest BCUT2D eigenvalue weighted by Gasteiger charge is 2.40. The normalized spacial score (nSPS) is 16.9. The van der Waals surface area contributed by atoms with Crippen LogP contribution in [0.15, 0.2) is 42.5 Å². The van der Waals surface area contributed by atoms with Gasteiger partial charge in [0.2, 0.25) is 5.91 Å². The maximum Gasteiger partial charge on any atom is 0.265 e. The molecule has 2 N–H and O–H groups in total. The van der Waals surface area contributed by atoms with Gasteiger partial charge in [-0.1, -0.05) is 46.9 Å². The van der Waals surface area contributed by atoms with Crippen molar-refractivity contribution in [2.24, 2.45) is 0 Å². The fourth-order valence-corrected chi connectivity index (χ4v) is 3.09. The Bertz CT molecular complexity index is 904. The molecular weight excluding hydrogens is 401 g/mol. The van der Waals surface area contributed by atoms with Crippen molar-refractivity contribution < 1.29 is 14.4 Å². The van der Waals surface area contributed by atoms with Crippen LogP contribution in [0.1, 0.15) is 16.8 Å². The second-order valence-corrected chi connectivity index (χ2v) is 6.73. The number of amides is 3. The minimum Gasteiger partial charge on any atom is -0.287 e. The maximum absolute atomic E-state index is 12.6. The standard InChI is InChI=1S/C17H12Cl3N3O3/c18-10-4-1-3-9(7-10)16(25)22-21-12-8-14(24)23(17(12)26)13-6-2-5-11(19)15(13)20/h1-7,12,21H,8H2,(H,22,25). The molecule has 2 aromatic carbocycles. The van der Waals surface area contributed by atoms with Crippen LogP contribution in [0.3, 0.4) is 0 Å². The summed E-state index contributed by atoms with van der Waals surface area (Å²) in [6.07, 6.45) is -0.127. The monoisotopic (exact) mass is 411 g/mol. The number of nitrogens with zero attached hydrogens (tertiary/aromatic N) is 1. The highest BCUT2D eigenvalue weighted by molar-refractivity contribution is 6.45. The second kappa shape index (κ2) is 7.63. The van der Waals surface area contributed by atoms with Gasteiger partial charge in [0.05, 0.1) is 22.2 Å². The molecule has 9 heteroatoms.